The van der Waals surface area contributed by atoms with Gasteiger partial charge in [0.25, 0.3) is 0 Å². The molecule has 1 aliphatic rings. The monoisotopic (exact) mass is 436 g/mol. The molecule has 0 saturated carbocycles. The highest BCUT2D eigenvalue weighted by atomic mass is 15.0. The highest BCUT2D eigenvalue weighted by molar-refractivity contribution is 6.09. The van der Waals surface area contributed by atoms with Crippen LogP contribution in [0.15, 0.2) is 133 Å². The lowest BCUT2D eigenvalue weighted by Gasteiger charge is -2.16. The summed E-state index contributed by atoms with van der Waals surface area (Å²) >= 11 is 0. The SMILES string of the molecule is C1=CC(=C(Cn2c3ccccc3c3ccccc32)Cn2c3ccccc3c3ccccc32)C=C1. The summed E-state index contributed by atoms with van der Waals surface area (Å²) in [5.41, 5.74) is 7.86. The summed E-state index contributed by atoms with van der Waals surface area (Å²) in [6.07, 6.45) is 8.79. The van der Waals surface area contributed by atoms with Crippen molar-refractivity contribution in [1.82, 2.24) is 9.13 Å². The van der Waals surface area contributed by atoms with E-state index in [1.54, 1.807) is 0 Å². The Hall–Kier alpha value is -4.30. The van der Waals surface area contributed by atoms with Crippen LogP contribution in [0.3, 0.4) is 0 Å². The van der Waals surface area contributed by atoms with Crippen LogP contribution in [0.25, 0.3) is 43.6 Å². The molecule has 0 aliphatic heterocycles. The molecule has 7 rings (SSSR count). The molecule has 0 amide bonds. The molecule has 2 nitrogen and oxygen atoms in total. The fourth-order valence-corrected chi connectivity index (χ4v) is 5.57. The Labute approximate surface area is 198 Å². The number of hydrogen-bond donors (Lipinski definition) is 0. The van der Waals surface area contributed by atoms with Gasteiger partial charge in [-0.2, -0.15) is 0 Å². The van der Waals surface area contributed by atoms with E-state index in [0.717, 1.165) is 13.1 Å². The highest BCUT2D eigenvalue weighted by Crippen LogP contribution is 2.33. The Morgan fingerprint density at radius 1 is 0.441 bits per heavy atom. The van der Waals surface area contributed by atoms with Gasteiger partial charge in [0, 0.05) is 56.7 Å². The first kappa shape index (κ1) is 19.2. The van der Waals surface area contributed by atoms with Crippen LogP contribution in [0.1, 0.15) is 0 Å². The first-order valence-corrected chi connectivity index (χ1v) is 11.9. The maximum absolute atomic E-state index is 2.49. The van der Waals surface area contributed by atoms with Crippen molar-refractivity contribution >= 4 is 43.6 Å². The van der Waals surface area contributed by atoms with Crippen LogP contribution in [0.2, 0.25) is 0 Å². The van der Waals surface area contributed by atoms with E-state index >= 15 is 0 Å². The number of hydrogen-bond acceptors (Lipinski definition) is 0. The van der Waals surface area contributed by atoms with E-state index in [2.05, 4.69) is 131 Å². The molecule has 2 heterocycles. The van der Waals surface area contributed by atoms with Gasteiger partial charge in [-0.05, 0) is 35.4 Å². The first-order valence-electron chi connectivity index (χ1n) is 11.9. The molecule has 1 aliphatic carbocycles. The molecular weight excluding hydrogens is 412 g/mol. The maximum atomic E-state index is 2.49. The molecule has 2 heteroatoms. The molecule has 0 bridgehead atoms. The molecule has 0 fully saturated rings. The topological polar surface area (TPSA) is 9.86 Å². The first-order chi connectivity index (χ1) is 16.9. The minimum Gasteiger partial charge on any atom is -0.336 e. The lowest BCUT2D eigenvalue weighted by atomic mass is 10.1. The largest absolute Gasteiger partial charge is 0.336 e. The molecule has 34 heavy (non-hydrogen) atoms. The molecule has 0 unspecified atom stereocenters. The Morgan fingerprint density at radius 2 is 0.765 bits per heavy atom. The third-order valence-electron chi connectivity index (χ3n) is 7.13. The Morgan fingerprint density at radius 3 is 1.12 bits per heavy atom. The summed E-state index contributed by atoms with van der Waals surface area (Å²) in [7, 11) is 0. The van der Waals surface area contributed by atoms with Gasteiger partial charge in [-0.1, -0.05) is 97.1 Å². The molecule has 0 atom stereocenters. The Kier molecular flexibility index (Phi) is 4.31. The fraction of sp³-hybridized carbons (Fsp3) is 0.0625. The number of allylic oxidation sites excluding steroid dienone is 6. The van der Waals surface area contributed by atoms with Gasteiger partial charge in [0.2, 0.25) is 0 Å². The van der Waals surface area contributed by atoms with Crippen LogP contribution >= 0.6 is 0 Å². The van der Waals surface area contributed by atoms with E-state index in [-0.39, 0.29) is 0 Å². The number of para-hydroxylation sites is 4. The van der Waals surface area contributed by atoms with Crippen molar-refractivity contribution in [2.75, 3.05) is 0 Å². The van der Waals surface area contributed by atoms with Gasteiger partial charge in [-0.15, -0.1) is 0 Å². The highest BCUT2D eigenvalue weighted by Gasteiger charge is 2.16. The third-order valence-corrected chi connectivity index (χ3v) is 7.13. The van der Waals surface area contributed by atoms with E-state index in [4.69, 9.17) is 0 Å². The van der Waals surface area contributed by atoms with Gasteiger partial charge < -0.3 is 9.13 Å². The number of aromatic nitrogens is 2. The fourth-order valence-electron chi connectivity index (χ4n) is 5.57. The smallest absolute Gasteiger partial charge is 0.0494 e. The molecule has 0 radical (unpaired) electrons. The maximum Gasteiger partial charge on any atom is 0.0494 e. The average molecular weight is 437 g/mol. The van der Waals surface area contributed by atoms with E-state index in [1.165, 1.54) is 54.8 Å². The Bertz CT molecular complexity index is 1570. The van der Waals surface area contributed by atoms with Crippen molar-refractivity contribution in [3.8, 4) is 0 Å². The van der Waals surface area contributed by atoms with E-state index in [9.17, 15) is 0 Å². The van der Waals surface area contributed by atoms with Crippen molar-refractivity contribution in [2.24, 2.45) is 0 Å². The van der Waals surface area contributed by atoms with Crippen molar-refractivity contribution < 1.29 is 0 Å². The second-order valence-corrected chi connectivity index (χ2v) is 9.02. The summed E-state index contributed by atoms with van der Waals surface area (Å²) in [6, 6.07) is 35.1. The molecule has 162 valence electrons. The van der Waals surface area contributed by atoms with E-state index < -0.39 is 0 Å². The minimum absolute atomic E-state index is 0.846. The van der Waals surface area contributed by atoms with Crippen LogP contribution in [-0.2, 0) is 13.1 Å². The second-order valence-electron chi connectivity index (χ2n) is 9.02. The quantitative estimate of drug-likeness (QED) is 0.265. The zero-order valence-corrected chi connectivity index (χ0v) is 18.9. The van der Waals surface area contributed by atoms with E-state index in [1.807, 2.05) is 0 Å². The van der Waals surface area contributed by atoms with Crippen molar-refractivity contribution in [3.05, 3.63) is 133 Å². The number of nitrogens with zero attached hydrogens (tertiary/aromatic N) is 2. The van der Waals surface area contributed by atoms with Gasteiger partial charge in [0.05, 0.1) is 0 Å². The van der Waals surface area contributed by atoms with Crippen LogP contribution in [0.4, 0.5) is 0 Å². The predicted molar refractivity (Wildman–Crippen MR) is 144 cm³/mol. The van der Waals surface area contributed by atoms with Gasteiger partial charge in [0.1, 0.15) is 0 Å². The van der Waals surface area contributed by atoms with Gasteiger partial charge >= 0.3 is 0 Å². The number of fused-ring (bicyclic) bond motifs is 6. The standard InChI is InChI=1S/C32H24N2/c1-2-12-23(11-1)24(21-33-29-17-7-3-13-25(29)26-14-4-8-18-30(26)33)22-34-31-19-9-5-15-27(31)28-16-6-10-20-32(28)34/h1-20H,21-22H2. The van der Waals surface area contributed by atoms with Crippen molar-refractivity contribution in [3.63, 3.8) is 0 Å². The molecule has 6 aromatic rings. The Balaban J connectivity index is 1.44. The molecule has 0 saturated heterocycles. The molecule has 0 N–H and O–H groups in total. The van der Waals surface area contributed by atoms with Crippen LogP contribution in [-0.4, -0.2) is 9.13 Å². The molecular formula is C32H24N2. The zero-order chi connectivity index (χ0) is 22.5. The van der Waals surface area contributed by atoms with Crippen LogP contribution < -0.4 is 0 Å². The lowest BCUT2D eigenvalue weighted by molar-refractivity contribution is 0.738. The second kappa shape index (κ2) is 7.64. The summed E-state index contributed by atoms with van der Waals surface area (Å²) < 4.78 is 4.97. The normalized spacial score (nSPS) is 13.2. The molecule has 4 aromatic carbocycles. The van der Waals surface area contributed by atoms with Gasteiger partial charge in [0.15, 0.2) is 0 Å². The van der Waals surface area contributed by atoms with Gasteiger partial charge in [-0.25, -0.2) is 0 Å². The number of rotatable bonds is 4. The zero-order valence-electron chi connectivity index (χ0n) is 18.9. The summed E-state index contributed by atoms with van der Waals surface area (Å²) in [4.78, 5) is 0. The molecule has 2 aromatic heterocycles. The number of benzene rings is 4. The summed E-state index contributed by atoms with van der Waals surface area (Å²) in [6.45, 7) is 1.69. The lowest BCUT2D eigenvalue weighted by Crippen LogP contribution is -2.09. The van der Waals surface area contributed by atoms with Crippen molar-refractivity contribution in [1.29, 1.82) is 0 Å². The predicted octanol–water partition coefficient (Wildman–Crippen LogP) is 8.03. The summed E-state index contributed by atoms with van der Waals surface area (Å²) in [5, 5.41) is 5.27. The van der Waals surface area contributed by atoms with Crippen LogP contribution in [0, 0.1) is 0 Å². The average Bonchev–Trinajstić information content (AvgIpc) is 3.61. The van der Waals surface area contributed by atoms with Crippen molar-refractivity contribution in [2.45, 2.75) is 13.1 Å². The van der Waals surface area contributed by atoms with Gasteiger partial charge in [-0.3, -0.25) is 0 Å². The summed E-state index contributed by atoms with van der Waals surface area (Å²) in [5.74, 6) is 0. The molecule has 0 spiro atoms. The minimum atomic E-state index is 0.846. The van der Waals surface area contributed by atoms with E-state index in [0.29, 0.717) is 0 Å². The third kappa shape index (κ3) is 2.89. The van der Waals surface area contributed by atoms with Crippen LogP contribution in [0.5, 0.6) is 0 Å².